The molecular formula is C15H16BrNO. The zero-order valence-electron chi connectivity index (χ0n) is 10.3. The molecule has 0 heterocycles. The van der Waals surface area contributed by atoms with E-state index in [1.807, 2.05) is 36.4 Å². The first kappa shape index (κ1) is 13.0. The van der Waals surface area contributed by atoms with E-state index in [9.17, 15) is 0 Å². The molecule has 2 N–H and O–H groups in total. The van der Waals surface area contributed by atoms with Crippen molar-refractivity contribution < 1.29 is 4.74 Å². The molecule has 0 aliphatic carbocycles. The van der Waals surface area contributed by atoms with Gasteiger partial charge in [0.15, 0.2) is 0 Å². The van der Waals surface area contributed by atoms with E-state index in [1.165, 1.54) is 5.56 Å². The number of aryl methyl sites for hydroxylation is 1. The van der Waals surface area contributed by atoms with Crippen molar-refractivity contribution in [2.75, 3.05) is 5.73 Å². The number of hydrogen-bond donors (Lipinski definition) is 1. The first-order chi connectivity index (χ1) is 8.70. The van der Waals surface area contributed by atoms with E-state index in [2.05, 4.69) is 28.9 Å². The van der Waals surface area contributed by atoms with Gasteiger partial charge in [-0.1, -0.05) is 47.1 Å². The SMILES string of the molecule is CCc1ccccc1OCc1ccc(N)cc1Br. The largest absolute Gasteiger partial charge is 0.489 e. The van der Waals surface area contributed by atoms with E-state index >= 15 is 0 Å². The van der Waals surface area contributed by atoms with Gasteiger partial charge in [0.1, 0.15) is 12.4 Å². The van der Waals surface area contributed by atoms with Gasteiger partial charge in [-0.2, -0.15) is 0 Å². The topological polar surface area (TPSA) is 35.2 Å². The highest BCUT2D eigenvalue weighted by atomic mass is 79.9. The third kappa shape index (κ3) is 3.05. The normalized spacial score (nSPS) is 10.3. The molecule has 0 aliphatic heterocycles. The minimum absolute atomic E-state index is 0.540. The summed E-state index contributed by atoms with van der Waals surface area (Å²) in [6.45, 7) is 2.67. The van der Waals surface area contributed by atoms with Crippen LogP contribution in [0, 0.1) is 0 Å². The number of hydrogen-bond acceptors (Lipinski definition) is 2. The van der Waals surface area contributed by atoms with Crippen LogP contribution in [-0.2, 0) is 13.0 Å². The molecule has 0 fully saturated rings. The first-order valence-corrected chi connectivity index (χ1v) is 6.74. The Kier molecular flexibility index (Phi) is 4.26. The summed E-state index contributed by atoms with van der Waals surface area (Å²) in [5.41, 5.74) is 8.78. The smallest absolute Gasteiger partial charge is 0.122 e. The number of benzene rings is 2. The van der Waals surface area contributed by atoms with Crippen molar-refractivity contribution in [1.82, 2.24) is 0 Å². The van der Waals surface area contributed by atoms with Gasteiger partial charge in [0.2, 0.25) is 0 Å². The summed E-state index contributed by atoms with van der Waals surface area (Å²) < 4.78 is 6.85. The number of nitrogen functional groups attached to an aromatic ring is 1. The average molecular weight is 306 g/mol. The van der Waals surface area contributed by atoms with Gasteiger partial charge in [-0.25, -0.2) is 0 Å². The second kappa shape index (κ2) is 5.91. The van der Waals surface area contributed by atoms with Gasteiger partial charge in [-0.3, -0.25) is 0 Å². The van der Waals surface area contributed by atoms with Gasteiger partial charge < -0.3 is 10.5 Å². The molecule has 2 aromatic rings. The standard InChI is InChI=1S/C15H16BrNO/c1-2-11-5-3-4-6-15(11)18-10-12-7-8-13(17)9-14(12)16/h3-9H,2,10,17H2,1H3. The predicted molar refractivity (Wildman–Crippen MR) is 78.7 cm³/mol. The van der Waals surface area contributed by atoms with Crippen LogP contribution in [0.15, 0.2) is 46.9 Å². The summed E-state index contributed by atoms with van der Waals surface area (Å²) in [7, 11) is 0. The second-order valence-electron chi connectivity index (χ2n) is 4.10. The zero-order valence-corrected chi connectivity index (χ0v) is 11.9. The van der Waals surface area contributed by atoms with Crippen LogP contribution in [0.25, 0.3) is 0 Å². The number of nitrogens with two attached hydrogens (primary N) is 1. The lowest BCUT2D eigenvalue weighted by molar-refractivity contribution is 0.302. The molecule has 0 saturated heterocycles. The molecule has 0 spiro atoms. The average Bonchev–Trinajstić information content (AvgIpc) is 2.38. The van der Waals surface area contributed by atoms with Gasteiger partial charge in [-0.05, 0) is 30.2 Å². The molecule has 0 saturated carbocycles. The summed E-state index contributed by atoms with van der Waals surface area (Å²) in [5, 5.41) is 0. The number of ether oxygens (including phenoxy) is 1. The molecule has 18 heavy (non-hydrogen) atoms. The van der Waals surface area contributed by atoms with Gasteiger partial charge >= 0.3 is 0 Å². The Labute approximate surface area is 116 Å². The van der Waals surface area contributed by atoms with Crippen LogP contribution in [-0.4, -0.2) is 0 Å². The zero-order chi connectivity index (χ0) is 13.0. The van der Waals surface area contributed by atoms with Gasteiger partial charge in [0.05, 0.1) is 0 Å². The molecule has 2 aromatic carbocycles. The molecule has 2 rings (SSSR count). The maximum Gasteiger partial charge on any atom is 0.122 e. The van der Waals surface area contributed by atoms with Crippen LogP contribution in [0.1, 0.15) is 18.1 Å². The fourth-order valence-corrected chi connectivity index (χ4v) is 2.28. The Bertz CT molecular complexity index is 540. The van der Waals surface area contributed by atoms with Gasteiger partial charge in [-0.15, -0.1) is 0 Å². The summed E-state index contributed by atoms with van der Waals surface area (Å²) in [5.74, 6) is 0.948. The summed E-state index contributed by atoms with van der Waals surface area (Å²) in [6.07, 6.45) is 0.971. The highest BCUT2D eigenvalue weighted by Gasteiger charge is 2.04. The molecule has 2 nitrogen and oxygen atoms in total. The Morgan fingerprint density at radius 1 is 1.11 bits per heavy atom. The highest BCUT2D eigenvalue weighted by molar-refractivity contribution is 9.10. The molecule has 0 bridgehead atoms. The van der Waals surface area contributed by atoms with E-state index in [1.54, 1.807) is 0 Å². The lowest BCUT2D eigenvalue weighted by Crippen LogP contribution is -1.99. The van der Waals surface area contributed by atoms with Crippen molar-refractivity contribution in [3.8, 4) is 5.75 Å². The molecule has 0 unspecified atom stereocenters. The number of rotatable bonds is 4. The third-order valence-corrected chi connectivity index (χ3v) is 3.55. The van der Waals surface area contributed by atoms with Crippen LogP contribution in [0.4, 0.5) is 5.69 Å². The number of para-hydroxylation sites is 1. The van der Waals surface area contributed by atoms with E-state index in [0.29, 0.717) is 6.61 Å². The van der Waals surface area contributed by atoms with Crippen LogP contribution < -0.4 is 10.5 Å². The molecular weight excluding hydrogens is 290 g/mol. The summed E-state index contributed by atoms with van der Waals surface area (Å²) in [6, 6.07) is 13.9. The van der Waals surface area contributed by atoms with Crippen LogP contribution in [0.2, 0.25) is 0 Å². The van der Waals surface area contributed by atoms with Crippen molar-refractivity contribution in [3.63, 3.8) is 0 Å². The quantitative estimate of drug-likeness (QED) is 0.860. The van der Waals surface area contributed by atoms with Crippen LogP contribution >= 0.6 is 15.9 Å². The van der Waals surface area contributed by atoms with Gasteiger partial charge in [0, 0.05) is 15.7 Å². The summed E-state index contributed by atoms with van der Waals surface area (Å²) in [4.78, 5) is 0. The van der Waals surface area contributed by atoms with Crippen molar-refractivity contribution in [2.24, 2.45) is 0 Å². The Balaban J connectivity index is 2.11. The Morgan fingerprint density at radius 2 is 1.89 bits per heavy atom. The van der Waals surface area contributed by atoms with E-state index in [0.717, 1.165) is 27.9 Å². The fraction of sp³-hybridized carbons (Fsp3) is 0.200. The minimum Gasteiger partial charge on any atom is -0.489 e. The van der Waals surface area contributed by atoms with Crippen LogP contribution in [0.3, 0.4) is 0 Å². The molecule has 0 aromatic heterocycles. The minimum atomic E-state index is 0.540. The molecule has 0 atom stereocenters. The van der Waals surface area contributed by atoms with Gasteiger partial charge in [0.25, 0.3) is 0 Å². The monoisotopic (exact) mass is 305 g/mol. The van der Waals surface area contributed by atoms with Crippen molar-refractivity contribution >= 4 is 21.6 Å². The molecule has 3 heteroatoms. The lowest BCUT2D eigenvalue weighted by Gasteiger charge is -2.11. The maximum atomic E-state index is 5.86. The molecule has 94 valence electrons. The first-order valence-electron chi connectivity index (χ1n) is 5.95. The predicted octanol–water partition coefficient (Wildman–Crippen LogP) is 4.17. The van der Waals surface area contributed by atoms with Crippen molar-refractivity contribution in [2.45, 2.75) is 20.0 Å². The second-order valence-corrected chi connectivity index (χ2v) is 4.96. The van der Waals surface area contributed by atoms with E-state index in [-0.39, 0.29) is 0 Å². The lowest BCUT2D eigenvalue weighted by atomic mass is 10.1. The van der Waals surface area contributed by atoms with Crippen molar-refractivity contribution in [3.05, 3.63) is 58.1 Å². The molecule has 0 aliphatic rings. The van der Waals surface area contributed by atoms with Crippen LogP contribution in [0.5, 0.6) is 5.75 Å². The number of anilines is 1. The van der Waals surface area contributed by atoms with Crippen molar-refractivity contribution in [1.29, 1.82) is 0 Å². The number of halogens is 1. The molecule has 0 amide bonds. The highest BCUT2D eigenvalue weighted by Crippen LogP contribution is 2.24. The Hall–Kier alpha value is -1.48. The van der Waals surface area contributed by atoms with E-state index < -0.39 is 0 Å². The Morgan fingerprint density at radius 3 is 2.61 bits per heavy atom. The summed E-state index contributed by atoms with van der Waals surface area (Å²) >= 11 is 3.50. The third-order valence-electron chi connectivity index (χ3n) is 2.81. The molecule has 0 radical (unpaired) electrons. The van der Waals surface area contributed by atoms with E-state index in [4.69, 9.17) is 10.5 Å². The fourth-order valence-electron chi connectivity index (χ4n) is 1.77. The maximum absolute atomic E-state index is 5.86.